The van der Waals surface area contributed by atoms with Crippen LogP contribution in [0, 0.1) is 0 Å². The highest BCUT2D eigenvalue weighted by Gasteiger charge is 1.98. The second kappa shape index (κ2) is 6.19. The van der Waals surface area contributed by atoms with Gasteiger partial charge in [0, 0.05) is 0 Å². The first-order valence-electron chi connectivity index (χ1n) is 7.04. The second-order valence-corrected chi connectivity index (χ2v) is 4.98. The van der Waals surface area contributed by atoms with E-state index in [1.54, 1.807) is 0 Å². The Morgan fingerprint density at radius 3 is 1.23 bits per heavy atom. The molecule has 0 amide bonds. The second-order valence-electron chi connectivity index (χ2n) is 4.98. The van der Waals surface area contributed by atoms with Gasteiger partial charge < -0.3 is 0 Å². The lowest BCUT2D eigenvalue weighted by atomic mass is 10.0. The molecular weight excluding hydrogens is 272 g/mol. The number of benzene rings is 3. The molecule has 0 atom stereocenters. The lowest BCUT2D eigenvalue weighted by molar-refractivity contribution is -0.113. The first-order valence-corrected chi connectivity index (χ1v) is 7.04. The fraction of sp³-hybridized carbons (Fsp3) is 0. The molecule has 3 aromatic carbocycles. The van der Waals surface area contributed by atoms with E-state index in [-0.39, 0.29) is 11.6 Å². The fourth-order valence-corrected chi connectivity index (χ4v) is 2.39. The van der Waals surface area contributed by atoms with Crippen molar-refractivity contribution in [3.63, 3.8) is 0 Å². The molecule has 3 aromatic rings. The van der Waals surface area contributed by atoms with Gasteiger partial charge in [-0.25, -0.2) is 0 Å². The van der Waals surface area contributed by atoms with E-state index in [1.165, 1.54) is 45.8 Å². The van der Waals surface area contributed by atoms with Gasteiger partial charge in [0.2, 0.25) is 0 Å². The third kappa shape index (κ3) is 3.01. The molecule has 2 nitrogen and oxygen atoms in total. The van der Waals surface area contributed by atoms with Gasteiger partial charge in [-0.1, -0.05) is 60.7 Å². The Bertz CT molecular complexity index is 824. The van der Waals surface area contributed by atoms with Gasteiger partial charge in [-0.05, 0) is 45.8 Å². The van der Waals surface area contributed by atoms with E-state index < -0.39 is 0 Å². The van der Waals surface area contributed by atoms with Gasteiger partial charge in [0.1, 0.15) is 0 Å². The smallest absolute Gasteiger partial charge is 0.178 e. The lowest BCUT2D eigenvalue weighted by Gasteiger charge is -2.02. The summed E-state index contributed by atoms with van der Waals surface area (Å²) < 4.78 is 0. The number of hydrogen-bond acceptors (Lipinski definition) is 2. The summed E-state index contributed by atoms with van der Waals surface area (Å²) in [6.45, 7) is 0. The van der Waals surface area contributed by atoms with E-state index in [0.29, 0.717) is 0 Å². The summed E-state index contributed by atoms with van der Waals surface area (Å²) in [6, 6.07) is 21.4. The van der Waals surface area contributed by atoms with E-state index in [4.69, 9.17) is 0 Å². The van der Waals surface area contributed by atoms with Crippen LogP contribution in [0.3, 0.4) is 0 Å². The Hall–Kier alpha value is -3.00. The van der Waals surface area contributed by atoms with E-state index in [9.17, 15) is 9.59 Å². The predicted octanol–water partition coefficient (Wildman–Crippen LogP) is 4.24. The molecule has 0 saturated carbocycles. The summed E-state index contributed by atoms with van der Waals surface area (Å²) >= 11 is 0. The average Bonchev–Trinajstić information content (AvgIpc) is 2.58. The van der Waals surface area contributed by atoms with Gasteiger partial charge in [0.25, 0.3) is 0 Å². The fourth-order valence-electron chi connectivity index (χ4n) is 2.39. The zero-order chi connectivity index (χ0) is 15.4. The van der Waals surface area contributed by atoms with Gasteiger partial charge in [-0.15, -0.1) is 0 Å². The molecular formula is C20H14O2. The Labute approximate surface area is 128 Å². The van der Waals surface area contributed by atoms with Crippen molar-refractivity contribution in [3.05, 3.63) is 85.0 Å². The highest BCUT2D eigenvalue weighted by molar-refractivity contribution is 6.14. The number of fused-ring (bicyclic) bond motifs is 3. The Balaban J connectivity index is 0.000000154. The zero-order valence-electron chi connectivity index (χ0n) is 11.9. The normalized spacial score (nSPS) is 13.3. The lowest BCUT2D eigenvalue weighted by Crippen LogP contribution is -1.97. The molecule has 0 N–H and O–H groups in total. The van der Waals surface area contributed by atoms with Crippen LogP contribution in [-0.4, -0.2) is 11.6 Å². The number of allylic oxidation sites excluding steroid dienone is 4. The van der Waals surface area contributed by atoms with Crippen LogP contribution < -0.4 is 0 Å². The number of carbonyl (C=O) groups is 2. The highest BCUT2D eigenvalue weighted by atomic mass is 16.1. The SMILES string of the molecule is O=C1C=CC(=O)C=C1.c1ccc2c(c1)ccc1ccccc12. The molecule has 0 aromatic heterocycles. The molecule has 0 bridgehead atoms. The van der Waals surface area contributed by atoms with Crippen LogP contribution in [0.5, 0.6) is 0 Å². The molecule has 0 spiro atoms. The molecule has 4 rings (SSSR count). The summed E-state index contributed by atoms with van der Waals surface area (Å²) in [5.41, 5.74) is 0. The number of rotatable bonds is 0. The van der Waals surface area contributed by atoms with Crippen molar-refractivity contribution in [2.45, 2.75) is 0 Å². The van der Waals surface area contributed by atoms with Crippen LogP contribution in [0.4, 0.5) is 0 Å². The van der Waals surface area contributed by atoms with Gasteiger partial charge in [-0.2, -0.15) is 0 Å². The van der Waals surface area contributed by atoms with Crippen molar-refractivity contribution in [1.82, 2.24) is 0 Å². The van der Waals surface area contributed by atoms with Gasteiger partial charge in [-0.3, -0.25) is 9.59 Å². The number of hydrogen-bond donors (Lipinski definition) is 0. The molecule has 0 fully saturated rings. The maximum Gasteiger partial charge on any atom is 0.178 e. The van der Waals surface area contributed by atoms with Crippen LogP contribution >= 0.6 is 0 Å². The molecule has 106 valence electrons. The molecule has 2 heteroatoms. The van der Waals surface area contributed by atoms with E-state index in [0.717, 1.165) is 0 Å². The van der Waals surface area contributed by atoms with Crippen molar-refractivity contribution in [1.29, 1.82) is 0 Å². The molecule has 1 aliphatic rings. The van der Waals surface area contributed by atoms with Crippen molar-refractivity contribution < 1.29 is 9.59 Å². The summed E-state index contributed by atoms with van der Waals surface area (Å²) in [4.78, 5) is 20.6. The van der Waals surface area contributed by atoms with Gasteiger partial charge in [0.05, 0.1) is 0 Å². The minimum atomic E-state index is -0.121. The average molecular weight is 286 g/mol. The van der Waals surface area contributed by atoms with Crippen LogP contribution in [0.1, 0.15) is 0 Å². The monoisotopic (exact) mass is 286 g/mol. The maximum absolute atomic E-state index is 10.3. The first-order chi connectivity index (χ1) is 10.7. The third-order valence-corrected chi connectivity index (χ3v) is 3.48. The Kier molecular flexibility index (Phi) is 3.92. The minimum absolute atomic E-state index is 0.121. The Morgan fingerprint density at radius 2 is 0.818 bits per heavy atom. The Morgan fingerprint density at radius 1 is 0.455 bits per heavy atom. The third-order valence-electron chi connectivity index (χ3n) is 3.48. The largest absolute Gasteiger partial charge is 0.290 e. The molecule has 0 saturated heterocycles. The summed E-state index contributed by atoms with van der Waals surface area (Å²) in [5.74, 6) is -0.241. The van der Waals surface area contributed by atoms with E-state index in [2.05, 4.69) is 60.7 Å². The van der Waals surface area contributed by atoms with E-state index >= 15 is 0 Å². The predicted molar refractivity (Wildman–Crippen MR) is 89.7 cm³/mol. The van der Waals surface area contributed by atoms with E-state index in [1.807, 2.05) is 0 Å². The summed E-state index contributed by atoms with van der Waals surface area (Å²) in [5, 5.41) is 5.30. The molecule has 0 unspecified atom stereocenters. The number of ketones is 2. The molecule has 1 aliphatic carbocycles. The summed E-state index contributed by atoms with van der Waals surface area (Å²) in [6.07, 6.45) is 5.01. The van der Waals surface area contributed by atoms with Crippen LogP contribution in [0.25, 0.3) is 21.5 Å². The molecule has 22 heavy (non-hydrogen) atoms. The van der Waals surface area contributed by atoms with Gasteiger partial charge >= 0.3 is 0 Å². The topological polar surface area (TPSA) is 34.1 Å². The van der Waals surface area contributed by atoms with Crippen LogP contribution in [-0.2, 0) is 9.59 Å². The van der Waals surface area contributed by atoms with Crippen molar-refractivity contribution >= 4 is 33.1 Å². The van der Waals surface area contributed by atoms with Crippen LogP contribution in [0.2, 0.25) is 0 Å². The highest BCUT2D eigenvalue weighted by Crippen LogP contribution is 2.24. The molecule has 0 heterocycles. The van der Waals surface area contributed by atoms with Crippen molar-refractivity contribution in [2.24, 2.45) is 0 Å². The zero-order valence-corrected chi connectivity index (χ0v) is 11.9. The van der Waals surface area contributed by atoms with Crippen LogP contribution in [0.15, 0.2) is 85.0 Å². The first kappa shape index (κ1) is 14.0. The number of carbonyl (C=O) groups excluding carboxylic acids is 2. The standard InChI is InChI=1S/C14H10.C6H4O2/c1-3-7-13-11(5-1)9-10-12-6-2-4-8-14(12)13;7-5-1-2-6(8)4-3-5/h1-10H;1-4H. The summed E-state index contributed by atoms with van der Waals surface area (Å²) in [7, 11) is 0. The quantitative estimate of drug-likeness (QED) is 0.457. The molecule has 0 radical (unpaired) electrons. The molecule has 0 aliphatic heterocycles. The van der Waals surface area contributed by atoms with Crippen molar-refractivity contribution in [2.75, 3.05) is 0 Å². The minimum Gasteiger partial charge on any atom is -0.290 e. The maximum atomic E-state index is 10.3. The van der Waals surface area contributed by atoms with Gasteiger partial charge in [0.15, 0.2) is 11.6 Å². The van der Waals surface area contributed by atoms with Crippen molar-refractivity contribution in [3.8, 4) is 0 Å².